The van der Waals surface area contributed by atoms with Crippen LogP contribution in [0.1, 0.15) is 32.1 Å². The van der Waals surface area contributed by atoms with Gasteiger partial charge >= 0.3 is 5.97 Å². The number of carboxylic acids is 1. The fourth-order valence-electron chi connectivity index (χ4n) is 1.81. The van der Waals surface area contributed by atoms with Crippen LogP contribution in [0.2, 0.25) is 0 Å². The van der Waals surface area contributed by atoms with E-state index < -0.39 is 5.97 Å². The van der Waals surface area contributed by atoms with Gasteiger partial charge in [0, 0.05) is 6.42 Å². The highest BCUT2D eigenvalue weighted by atomic mass is 16.7. The molecule has 1 aliphatic rings. The van der Waals surface area contributed by atoms with Gasteiger partial charge in [-0.2, -0.15) is 0 Å². The number of hydrogen-bond donors (Lipinski definition) is 2. The van der Waals surface area contributed by atoms with E-state index >= 15 is 0 Å². The molecule has 0 aromatic carbocycles. The molecule has 0 saturated carbocycles. The molecular weight excluding hydrogens is 242 g/mol. The van der Waals surface area contributed by atoms with Crippen molar-refractivity contribution in [3.05, 3.63) is 5.21 Å². The number of aliphatic carboxylic acids is 1. The molecule has 104 valence electrons. The topological polar surface area (TPSA) is 108 Å². The molecule has 18 heavy (non-hydrogen) atoms. The maximum absolute atomic E-state index is 11.5. The summed E-state index contributed by atoms with van der Waals surface area (Å²) in [7, 11) is 0. The minimum atomic E-state index is -0.847. The lowest BCUT2D eigenvalue weighted by atomic mass is 10.2. The zero-order chi connectivity index (χ0) is 13.4. The van der Waals surface area contributed by atoms with Gasteiger partial charge < -0.3 is 20.3 Å². The molecule has 0 amide bonds. The molecule has 0 unspecified atom stereocenters. The minimum Gasteiger partial charge on any atom is -0.569 e. The standard InChI is InChI=1S/C10H19N3O5/c14-8-9-4-3-6-12(9)13(17)11-18-7-2-1-5-10(15)16/h9,14H,1-8H2,(H,15,16)/b13-11-/t9-/m0/s1. The Morgan fingerprint density at radius 1 is 1.56 bits per heavy atom. The van der Waals surface area contributed by atoms with Crippen LogP contribution in [0, 0.1) is 5.21 Å². The molecule has 1 heterocycles. The van der Waals surface area contributed by atoms with E-state index in [1.54, 1.807) is 0 Å². The molecule has 0 aromatic heterocycles. The lowest BCUT2D eigenvalue weighted by Gasteiger charge is -2.17. The van der Waals surface area contributed by atoms with E-state index in [0.29, 0.717) is 24.4 Å². The van der Waals surface area contributed by atoms with Crippen molar-refractivity contribution in [2.45, 2.75) is 38.1 Å². The second kappa shape index (κ2) is 7.70. The predicted octanol–water partition coefficient (Wildman–Crippen LogP) is 0.507. The van der Waals surface area contributed by atoms with Crippen LogP contribution in [-0.2, 0) is 9.63 Å². The first-order valence-corrected chi connectivity index (χ1v) is 6.04. The monoisotopic (exact) mass is 261 g/mol. The van der Waals surface area contributed by atoms with Crippen molar-refractivity contribution in [2.75, 3.05) is 19.8 Å². The van der Waals surface area contributed by atoms with Crippen LogP contribution in [0.5, 0.6) is 0 Å². The number of aliphatic hydroxyl groups excluding tert-OH is 1. The first-order chi connectivity index (χ1) is 8.65. The van der Waals surface area contributed by atoms with Gasteiger partial charge in [-0.05, 0) is 25.7 Å². The third kappa shape index (κ3) is 4.74. The van der Waals surface area contributed by atoms with Crippen LogP contribution < -0.4 is 0 Å². The maximum Gasteiger partial charge on any atom is 0.303 e. The molecule has 0 aliphatic carbocycles. The molecule has 0 bridgehead atoms. The van der Waals surface area contributed by atoms with Gasteiger partial charge in [0.15, 0.2) is 0 Å². The minimum absolute atomic E-state index is 0.0765. The number of hydrogen-bond acceptors (Lipinski definition) is 5. The molecule has 0 radical (unpaired) electrons. The van der Waals surface area contributed by atoms with Crippen LogP contribution >= 0.6 is 0 Å². The Morgan fingerprint density at radius 2 is 2.33 bits per heavy atom. The van der Waals surface area contributed by atoms with Gasteiger partial charge in [-0.1, -0.05) is 0 Å². The Bertz CT molecular complexity index is 297. The molecular formula is C10H19N3O5. The summed E-state index contributed by atoms with van der Waals surface area (Å²) in [6.07, 6.45) is 2.73. The molecule has 0 spiro atoms. The molecule has 1 saturated heterocycles. The number of unbranched alkanes of at least 4 members (excludes halogenated alkanes) is 1. The van der Waals surface area contributed by atoms with Crippen molar-refractivity contribution < 1.29 is 24.8 Å². The largest absolute Gasteiger partial charge is 0.569 e. The predicted molar refractivity (Wildman–Crippen MR) is 60.3 cm³/mol. The number of aliphatic hydroxyl groups is 1. The Kier molecular flexibility index (Phi) is 6.20. The molecule has 1 aliphatic heterocycles. The van der Waals surface area contributed by atoms with Crippen molar-refractivity contribution >= 4 is 5.97 Å². The summed E-state index contributed by atoms with van der Waals surface area (Å²) < 4.78 is 0. The van der Waals surface area contributed by atoms with E-state index in [1.165, 1.54) is 5.01 Å². The van der Waals surface area contributed by atoms with Gasteiger partial charge in [0.2, 0.25) is 5.28 Å². The summed E-state index contributed by atoms with van der Waals surface area (Å²) in [5.74, 6) is -0.847. The van der Waals surface area contributed by atoms with Crippen LogP contribution in [0.4, 0.5) is 0 Å². The lowest BCUT2D eigenvalue weighted by Crippen LogP contribution is -2.37. The summed E-state index contributed by atoms with van der Waals surface area (Å²) in [4.78, 5) is 15.4. The number of nitrogens with zero attached hydrogens (tertiary/aromatic N) is 3. The van der Waals surface area contributed by atoms with E-state index in [2.05, 4.69) is 5.28 Å². The molecule has 1 rings (SSSR count). The number of carboxylic acid groups (broad SMARTS) is 1. The zero-order valence-corrected chi connectivity index (χ0v) is 10.2. The van der Waals surface area contributed by atoms with Crippen LogP contribution in [0.3, 0.4) is 0 Å². The quantitative estimate of drug-likeness (QED) is 0.285. The SMILES string of the molecule is O=C(O)CCCCO/N=[N+](\[O-])N1CCC[C@H]1CO. The second-order valence-corrected chi connectivity index (χ2v) is 4.16. The molecule has 1 atom stereocenters. The van der Waals surface area contributed by atoms with Gasteiger partial charge in [-0.3, -0.25) is 4.79 Å². The van der Waals surface area contributed by atoms with E-state index in [4.69, 9.17) is 15.1 Å². The Morgan fingerprint density at radius 3 is 3.00 bits per heavy atom. The van der Waals surface area contributed by atoms with Crippen LogP contribution in [0.25, 0.3) is 0 Å². The zero-order valence-electron chi connectivity index (χ0n) is 10.2. The first-order valence-electron chi connectivity index (χ1n) is 6.04. The van der Waals surface area contributed by atoms with E-state index in [-0.39, 0.29) is 25.7 Å². The Labute approximate surface area is 105 Å². The maximum atomic E-state index is 11.5. The van der Waals surface area contributed by atoms with Crippen molar-refractivity contribution in [1.29, 1.82) is 0 Å². The highest BCUT2D eigenvalue weighted by Gasteiger charge is 2.30. The van der Waals surface area contributed by atoms with E-state index in [0.717, 1.165) is 12.8 Å². The Hall–Kier alpha value is -1.57. The van der Waals surface area contributed by atoms with Gasteiger partial charge in [-0.25, -0.2) is 0 Å². The summed E-state index contributed by atoms with van der Waals surface area (Å²) in [6.45, 7) is 0.692. The first kappa shape index (κ1) is 14.5. The lowest BCUT2D eigenvalue weighted by molar-refractivity contribution is -0.714. The average Bonchev–Trinajstić information content (AvgIpc) is 2.81. The second-order valence-electron chi connectivity index (χ2n) is 4.16. The molecule has 2 N–H and O–H groups in total. The summed E-state index contributed by atoms with van der Waals surface area (Å²) in [6, 6.07) is -0.193. The third-order valence-electron chi connectivity index (χ3n) is 2.78. The van der Waals surface area contributed by atoms with Crippen molar-refractivity contribution in [3.8, 4) is 0 Å². The highest BCUT2D eigenvalue weighted by Crippen LogP contribution is 2.16. The fraction of sp³-hybridized carbons (Fsp3) is 0.900. The summed E-state index contributed by atoms with van der Waals surface area (Å²) >= 11 is 0. The summed E-state index contributed by atoms with van der Waals surface area (Å²) in [5, 5.41) is 33.7. The van der Waals surface area contributed by atoms with Crippen molar-refractivity contribution in [1.82, 2.24) is 5.01 Å². The normalized spacial score (nSPS) is 20.2. The van der Waals surface area contributed by atoms with Crippen molar-refractivity contribution in [3.63, 3.8) is 0 Å². The fourth-order valence-corrected chi connectivity index (χ4v) is 1.81. The molecule has 1 fully saturated rings. The molecule has 8 nitrogen and oxygen atoms in total. The van der Waals surface area contributed by atoms with Gasteiger partial charge in [0.05, 0.1) is 18.1 Å². The van der Waals surface area contributed by atoms with E-state index in [9.17, 15) is 10.0 Å². The van der Waals surface area contributed by atoms with Gasteiger partial charge in [0.25, 0.3) is 0 Å². The average molecular weight is 261 g/mol. The number of carbonyl (C=O) groups is 1. The van der Waals surface area contributed by atoms with Crippen molar-refractivity contribution in [2.24, 2.45) is 5.28 Å². The summed E-state index contributed by atoms with van der Waals surface area (Å²) in [5.41, 5.74) is 0. The smallest absolute Gasteiger partial charge is 0.303 e. The number of rotatable bonds is 8. The van der Waals surface area contributed by atoms with Gasteiger partial charge in [0.1, 0.15) is 12.6 Å². The van der Waals surface area contributed by atoms with Crippen LogP contribution in [-0.4, -0.2) is 52.0 Å². The molecule has 8 heteroatoms. The third-order valence-corrected chi connectivity index (χ3v) is 2.78. The number of hydrazine groups is 1. The Balaban J connectivity index is 2.19. The van der Waals surface area contributed by atoms with Crippen LogP contribution in [0.15, 0.2) is 5.28 Å². The highest BCUT2D eigenvalue weighted by molar-refractivity contribution is 5.66. The van der Waals surface area contributed by atoms with Gasteiger partial charge in [-0.15, -0.1) is 5.01 Å². The van der Waals surface area contributed by atoms with E-state index in [1.807, 2.05) is 0 Å². The molecule has 0 aromatic rings.